The third-order valence-corrected chi connectivity index (χ3v) is 3.63. The Morgan fingerprint density at radius 1 is 1.35 bits per heavy atom. The van der Waals surface area contributed by atoms with Crippen LogP contribution < -0.4 is 4.74 Å². The molecule has 1 N–H and O–H groups in total. The summed E-state index contributed by atoms with van der Waals surface area (Å²) in [7, 11) is 5.87. The summed E-state index contributed by atoms with van der Waals surface area (Å²) < 4.78 is 8.19. The molecule has 0 amide bonds. The zero-order valence-corrected chi connectivity index (χ0v) is 13.7. The molecule has 0 aliphatic carbocycles. The number of methoxy groups -OCH3 is 1. The summed E-state index contributed by atoms with van der Waals surface area (Å²) in [5.74, 6) is 0.841. The van der Waals surface area contributed by atoms with Gasteiger partial charge in [-0.2, -0.15) is 0 Å². The lowest BCUT2D eigenvalue weighted by Gasteiger charge is -2.28. The maximum Gasteiger partial charge on any atom is 0.178 e. The SMILES string of the molecule is COc1ccc2c(c1)[nH]c(=S)n2CC(C)(C)CN(C)C. The van der Waals surface area contributed by atoms with Gasteiger partial charge >= 0.3 is 0 Å². The van der Waals surface area contributed by atoms with Crippen LogP contribution in [0.3, 0.4) is 0 Å². The van der Waals surface area contributed by atoms with Gasteiger partial charge in [-0.1, -0.05) is 13.8 Å². The predicted octanol–water partition coefficient (Wildman–Crippen LogP) is 3.30. The maximum atomic E-state index is 5.47. The van der Waals surface area contributed by atoms with Crippen molar-refractivity contribution in [2.75, 3.05) is 27.7 Å². The van der Waals surface area contributed by atoms with Gasteiger partial charge in [-0.3, -0.25) is 0 Å². The van der Waals surface area contributed by atoms with Gasteiger partial charge in [0.15, 0.2) is 4.77 Å². The smallest absolute Gasteiger partial charge is 0.178 e. The molecule has 5 heteroatoms. The molecule has 2 aromatic rings. The molecular weight excluding hydrogens is 270 g/mol. The van der Waals surface area contributed by atoms with E-state index in [4.69, 9.17) is 17.0 Å². The molecule has 1 heterocycles. The van der Waals surface area contributed by atoms with Crippen LogP contribution >= 0.6 is 12.2 Å². The lowest BCUT2D eigenvalue weighted by Crippen LogP contribution is -2.32. The van der Waals surface area contributed by atoms with Crippen LogP contribution in [-0.2, 0) is 6.54 Å². The van der Waals surface area contributed by atoms with Gasteiger partial charge in [0.1, 0.15) is 5.75 Å². The molecule has 0 fully saturated rings. The van der Waals surface area contributed by atoms with E-state index >= 15 is 0 Å². The van der Waals surface area contributed by atoms with Crippen LogP contribution in [0.25, 0.3) is 11.0 Å². The van der Waals surface area contributed by atoms with Crippen molar-refractivity contribution >= 4 is 23.3 Å². The molecule has 0 saturated heterocycles. The number of aromatic amines is 1. The summed E-state index contributed by atoms with van der Waals surface area (Å²) >= 11 is 5.47. The van der Waals surface area contributed by atoms with Gasteiger partial charge in [0.2, 0.25) is 0 Å². The Labute approximate surface area is 125 Å². The third kappa shape index (κ3) is 3.22. The van der Waals surface area contributed by atoms with Crippen LogP contribution in [0.4, 0.5) is 0 Å². The molecule has 0 saturated carbocycles. The zero-order chi connectivity index (χ0) is 14.9. The highest BCUT2D eigenvalue weighted by Crippen LogP contribution is 2.25. The van der Waals surface area contributed by atoms with E-state index in [1.165, 1.54) is 0 Å². The number of hydrogen-bond donors (Lipinski definition) is 1. The van der Waals surface area contributed by atoms with Crippen LogP contribution in [0.1, 0.15) is 13.8 Å². The molecule has 20 heavy (non-hydrogen) atoms. The summed E-state index contributed by atoms with van der Waals surface area (Å²) in [6.07, 6.45) is 0. The number of imidazole rings is 1. The van der Waals surface area contributed by atoms with Gasteiger partial charge in [0.05, 0.1) is 18.1 Å². The minimum atomic E-state index is 0.150. The average Bonchev–Trinajstić information content (AvgIpc) is 2.63. The number of aromatic nitrogens is 2. The third-order valence-electron chi connectivity index (χ3n) is 3.31. The van der Waals surface area contributed by atoms with Crippen LogP contribution in [0.15, 0.2) is 18.2 Å². The second-order valence-electron chi connectivity index (χ2n) is 6.30. The van der Waals surface area contributed by atoms with Crippen molar-refractivity contribution in [2.45, 2.75) is 20.4 Å². The Kier molecular flexibility index (Phi) is 4.20. The first-order valence-electron chi connectivity index (χ1n) is 6.74. The minimum Gasteiger partial charge on any atom is -0.497 e. The molecule has 2 rings (SSSR count). The summed E-state index contributed by atoms with van der Waals surface area (Å²) in [4.78, 5) is 5.47. The fourth-order valence-corrected chi connectivity index (χ4v) is 3.03. The molecule has 0 aliphatic heterocycles. The van der Waals surface area contributed by atoms with Crippen LogP contribution in [0.5, 0.6) is 5.75 Å². The van der Waals surface area contributed by atoms with Crippen molar-refractivity contribution in [1.29, 1.82) is 0 Å². The number of hydrogen-bond acceptors (Lipinski definition) is 3. The van der Waals surface area contributed by atoms with Gasteiger partial charge in [0.25, 0.3) is 0 Å². The van der Waals surface area contributed by atoms with E-state index in [0.29, 0.717) is 0 Å². The molecule has 4 nitrogen and oxygen atoms in total. The number of nitrogens with one attached hydrogen (secondary N) is 1. The first kappa shape index (κ1) is 15.1. The van der Waals surface area contributed by atoms with Crippen molar-refractivity contribution in [2.24, 2.45) is 5.41 Å². The summed E-state index contributed by atoms with van der Waals surface area (Å²) in [5.41, 5.74) is 2.30. The van der Waals surface area contributed by atoms with Gasteiger partial charge in [-0.05, 0) is 43.9 Å². The number of nitrogens with zero attached hydrogens (tertiary/aromatic N) is 2. The maximum absolute atomic E-state index is 5.47. The monoisotopic (exact) mass is 293 g/mol. The van der Waals surface area contributed by atoms with Crippen molar-refractivity contribution in [3.05, 3.63) is 23.0 Å². The lowest BCUT2D eigenvalue weighted by atomic mass is 9.93. The Morgan fingerprint density at radius 2 is 2.05 bits per heavy atom. The lowest BCUT2D eigenvalue weighted by molar-refractivity contribution is 0.212. The fourth-order valence-electron chi connectivity index (χ4n) is 2.76. The predicted molar refractivity (Wildman–Crippen MR) is 86.0 cm³/mol. The standard InChI is InChI=1S/C15H23N3OS/c1-15(2,9-17(3)4)10-18-13-7-6-11(19-5)8-12(13)16-14(18)20/h6-8H,9-10H2,1-5H3,(H,16,20). The Balaban J connectivity index is 2.39. The highest BCUT2D eigenvalue weighted by atomic mass is 32.1. The summed E-state index contributed by atoms with van der Waals surface area (Å²) in [6, 6.07) is 6.02. The largest absolute Gasteiger partial charge is 0.497 e. The molecule has 1 aromatic carbocycles. The molecule has 0 unspecified atom stereocenters. The number of rotatable bonds is 5. The Hall–Kier alpha value is -1.33. The fraction of sp³-hybridized carbons (Fsp3) is 0.533. The number of H-pyrrole nitrogens is 1. The molecule has 0 spiro atoms. The van der Waals surface area contributed by atoms with Crippen LogP contribution in [0.2, 0.25) is 0 Å². The topological polar surface area (TPSA) is 33.2 Å². The van der Waals surface area contributed by atoms with Crippen molar-refractivity contribution < 1.29 is 4.74 Å². The number of ether oxygens (including phenoxy) is 1. The number of benzene rings is 1. The quantitative estimate of drug-likeness (QED) is 0.859. The van der Waals surface area contributed by atoms with Crippen molar-refractivity contribution in [1.82, 2.24) is 14.5 Å². The van der Waals surface area contributed by atoms with E-state index in [1.54, 1.807) is 7.11 Å². The molecule has 0 bridgehead atoms. The van der Waals surface area contributed by atoms with E-state index in [1.807, 2.05) is 12.1 Å². The second-order valence-corrected chi connectivity index (χ2v) is 6.69. The summed E-state index contributed by atoms with van der Waals surface area (Å²) in [5, 5.41) is 0. The van der Waals surface area contributed by atoms with Crippen LogP contribution in [-0.4, -0.2) is 42.2 Å². The highest BCUT2D eigenvalue weighted by Gasteiger charge is 2.21. The zero-order valence-electron chi connectivity index (χ0n) is 12.9. The van der Waals surface area contributed by atoms with Crippen molar-refractivity contribution in [3.63, 3.8) is 0 Å². The van der Waals surface area contributed by atoms with E-state index < -0.39 is 0 Å². The molecule has 0 atom stereocenters. The molecular formula is C15H23N3OS. The van der Waals surface area contributed by atoms with E-state index in [0.717, 1.165) is 34.6 Å². The van der Waals surface area contributed by atoms with E-state index in [-0.39, 0.29) is 5.41 Å². The van der Waals surface area contributed by atoms with E-state index in [2.05, 4.69) is 48.5 Å². The minimum absolute atomic E-state index is 0.150. The summed E-state index contributed by atoms with van der Waals surface area (Å²) in [6.45, 7) is 6.42. The van der Waals surface area contributed by atoms with Gasteiger partial charge in [0, 0.05) is 19.2 Å². The van der Waals surface area contributed by atoms with E-state index in [9.17, 15) is 0 Å². The van der Waals surface area contributed by atoms with Gasteiger partial charge < -0.3 is 19.2 Å². The first-order valence-corrected chi connectivity index (χ1v) is 7.14. The molecule has 1 aromatic heterocycles. The molecule has 0 aliphatic rings. The Morgan fingerprint density at radius 3 is 2.65 bits per heavy atom. The van der Waals surface area contributed by atoms with Crippen LogP contribution in [0, 0.1) is 10.2 Å². The molecule has 110 valence electrons. The average molecular weight is 293 g/mol. The molecule has 0 radical (unpaired) electrons. The first-order chi connectivity index (χ1) is 9.32. The highest BCUT2D eigenvalue weighted by molar-refractivity contribution is 7.71. The Bertz CT molecular complexity index is 655. The van der Waals surface area contributed by atoms with Gasteiger partial charge in [-0.25, -0.2) is 0 Å². The van der Waals surface area contributed by atoms with Gasteiger partial charge in [-0.15, -0.1) is 0 Å². The second kappa shape index (κ2) is 5.58. The van der Waals surface area contributed by atoms with Crippen molar-refractivity contribution in [3.8, 4) is 5.75 Å². The number of fused-ring (bicyclic) bond motifs is 1. The normalized spacial score (nSPS) is 12.3.